The number of quaternary nitrogens is 1. The van der Waals surface area contributed by atoms with Gasteiger partial charge in [-0.3, -0.25) is 15.0 Å². The Morgan fingerprint density at radius 1 is 1.38 bits per heavy atom. The highest BCUT2D eigenvalue weighted by molar-refractivity contribution is 6.20. The van der Waals surface area contributed by atoms with Crippen LogP contribution in [-0.2, 0) is 0 Å². The molecule has 0 aliphatic carbocycles. The molecule has 0 radical (unpaired) electrons. The minimum atomic E-state index is -1.36. The number of carbonyl (C=O) groups excluding carboxylic acids is 1. The molecule has 8 nitrogen and oxygen atoms in total. The van der Waals surface area contributed by atoms with Crippen LogP contribution in [-0.4, -0.2) is 34.7 Å². The standard InChI is InChI=1S/C13H15N3O5/c1-13(2,3)16(12(18)19)10-7-8(15(20)21)5-6-9(10)14(4)11(16)17/h5-7H,1-4H3/p+1. The number of non-ortho nitro benzene ring substituents is 1. The monoisotopic (exact) mass is 294 g/mol. The van der Waals surface area contributed by atoms with Crippen LogP contribution in [0.1, 0.15) is 20.8 Å². The molecule has 1 aliphatic rings. The second-order valence-corrected chi connectivity index (χ2v) is 5.90. The number of nitro groups is 1. The van der Waals surface area contributed by atoms with Gasteiger partial charge in [-0.15, -0.1) is 4.48 Å². The van der Waals surface area contributed by atoms with E-state index in [-0.39, 0.29) is 11.4 Å². The third-order valence-corrected chi connectivity index (χ3v) is 3.76. The number of nitrogens with zero attached hydrogens (tertiary/aromatic N) is 3. The third-order valence-electron chi connectivity index (χ3n) is 3.76. The molecule has 0 bridgehead atoms. The summed E-state index contributed by atoms with van der Waals surface area (Å²) >= 11 is 0. The molecule has 1 aromatic carbocycles. The number of benzene rings is 1. The van der Waals surface area contributed by atoms with E-state index < -0.39 is 27.1 Å². The lowest BCUT2D eigenvalue weighted by atomic mass is 10.0. The molecule has 1 aromatic rings. The quantitative estimate of drug-likeness (QED) is 0.487. The number of nitro benzene ring substituents is 1. The summed E-state index contributed by atoms with van der Waals surface area (Å²) in [6.45, 7) is 4.84. The largest absolute Gasteiger partial charge is 0.528 e. The molecule has 8 heteroatoms. The van der Waals surface area contributed by atoms with Crippen molar-refractivity contribution in [3.8, 4) is 0 Å². The molecule has 0 fully saturated rings. The predicted molar refractivity (Wildman–Crippen MR) is 76.5 cm³/mol. The summed E-state index contributed by atoms with van der Waals surface area (Å²) in [5, 5.41) is 20.7. The van der Waals surface area contributed by atoms with Crippen molar-refractivity contribution in [1.29, 1.82) is 0 Å². The van der Waals surface area contributed by atoms with Crippen LogP contribution in [0.15, 0.2) is 18.2 Å². The Balaban J connectivity index is 2.88. The fourth-order valence-electron chi connectivity index (χ4n) is 2.73. The first kappa shape index (κ1) is 14.9. The number of carboxylic acid groups (broad SMARTS) is 1. The summed E-state index contributed by atoms with van der Waals surface area (Å²) in [6, 6.07) is 3.18. The maximum atomic E-state index is 12.6. The van der Waals surface area contributed by atoms with Gasteiger partial charge in [0.15, 0.2) is 5.69 Å². The van der Waals surface area contributed by atoms with Crippen LogP contribution in [0.5, 0.6) is 0 Å². The van der Waals surface area contributed by atoms with E-state index in [1.807, 2.05) is 0 Å². The molecular weight excluding hydrogens is 278 g/mol. The summed E-state index contributed by atoms with van der Waals surface area (Å²) < 4.78 is -0.999. The van der Waals surface area contributed by atoms with Crippen LogP contribution < -0.4 is 9.38 Å². The van der Waals surface area contributed by atoms with Crippen LogP contribution in [0, 0.1) is 10.1 Å². The predicted octanol–water partition coefficient (Wildman–Crippen LogP) is 2.95. The van der Waals surface area contributed by atoms with Gasteiger partial charge in [0, 0.05) is 13.1 Å². The number of urea groups is 1. The Morgan fingerprint density at radius 3 is 2.38 bits per heavy atom. The topological polar surface area (TPSA) is 101 Å². The number of carbonyl (C=O) groups is 2. The zero-order valence-electron chi connectivity index (χ0n) is 12.2. The highest BCUT2D eigenvalue weighted by Crippen LogP contribution is 2.48. The molecule has 112 valence electrons. The Kier molecular flexibility index (Phi) is 3.02. The summed E-state index contributed by atoms with van der Waals surface area (Å²) in [7, 11) is 1.46. The first-order valence-corrected chi connectivity index (χ1v) is 6.25. The van der Waals surface area contributed by atoms with Gasteiger partial charge in [-0.05, 0) is 26.8 Å². The lowest BCUT2D eigenvalue weighted by Crippen LogP contribution is -2.68. The second kappa shape index (κ2) is 4.26. The lowest BCUT2D eigenvalue weighted by molar-refractivity contribution is -0.384. The van der Waals surface area contributed by atoms with Gasteiger partial charge >= 0.3 is 12.1 Å². The van der Waals surface area contributed by atoms with E-state index in [9.17, 15) is 24.8 Å². The molecular formula is C13H16N3O5+. The zero-order valence-corrected chi connectivity index (χ0v) is 12.2. The Morgan fingerprint density at radius 2 is 1.95 bits per heavy atom. The van der Waals surface area contributed by atoms with Gasteiger partial charge in [-0.2, -0.15) is 4.79 Å². The average molecular weight is 294 g/mol. The van der Waals surface area contributed by atoms with E-state index in [0.29, 0.717) is 5.69 Å². The van der Waals surface area contributed by atoms with Gasteiger partial charge in [-0.25, -0.2) is 4.79 Å². The molecule has 1 N–H and O–H groups in total. The van der Waals surface area contributed by atoms with Crippen molar-refractivity contribution in [2.45, 2.75) is 26.3 Å². The number of imide groups is 1. The van der Waals surface area contributed by atoms with Crippen molar-refractivity contribution in [3.05, 3.63) is 28.3 Å². The number of fused-ring (bicyclic) bond motifs is 1. The van der Waals surface area contributed by atoms with E-state index in [4.69, 9.17) is 0 Å². The van der Waals surface area contributed by atoms with E-state index >= 15 is 0 Å². The molecule has 0 spiro atoms. The van der Waals surface area contributed by atoms with E-state index in [0.717, 1.165) is 6.07 Å². The SMILES string of the molecule is CN1C(=O)[N+](C(=O)O)(C(C)(C)C)c2cc([N+](=O)[O-])ccc21. The Bertz CT molecular complexity index is 664. The van der Waals surface area contributed by atoms with Crippen LogP contribution in [0.3, 0.4) is 0 Å². The van der Waals surface area contributed by atoms with Crippen LogP contribution in [0.25, 0.3) is 0 Å². The highest BCUT2D eigenvalue weighted by atomic mass is 16.6. The number of anilines is 1. The smallest absolute Gasteiger partial charge is 0.435 e. The Hall–Kier alpha value is -2.48. The number of amides is 3. The lowest BCUT2D eigenvalue weighted by Gasteiger charge is -2.36. The molecule has 0 saturated heterocycles. The normalized spacial score (nSPS) is 21.3. The summed E-state index contributed by atoms with van der Waals surface area (Å²) in [4.78, 5) is 36.1. The van der Waals surface area contributed by atoms with Crippen LogP contribution in [0.4, 0.5) is 26.7 Å². The van der Waals surface area contributed by atoms with Crippen molar-refractivity contribution >= 4 is 29.2 Å². The van der Waals surface area contributed by atoms with E-state index in [2.05, 4.69) is 0 Å². The molecule has 1 atom stereocenters. The first-order valence-electron chi connectivity index (χ1n) is 6.25. The summed E-state index contributed by atoms with van der Waals surface area (Å²) in [5.41, 5.74) is -0.776. The van der Waals surface area contributed by atoms with Gasteiger partial charge < -0.3 is 5.11 Å². The molecule has 1 heterocycles. The summed E-state index contributed by atoms with van der Waals surface area (Å²) in [5.74, 6) is 0. The maximum absolute atomic E-state index is 12.6. The van der Waals surface area contributed by atoms with E-state index in [1.54, 1.807) is 20.8 Å². The van der Waals surface area contributed by atoms with Crippen molar-refractivity contribution < 1.29 is 19.6 Å². The summed E-state index contributed by atoms with van der Waals surface area (Å²) in [6.07, 6.45) is -1.36. The van der Waals surface area contributed by atoms with Crippen molar-refractivity contribution in [2.75, 3.05) is 11.9 Å². The van der Waals surface area contributed by atoms with Crippen molar-refractivity contribution in [1.82, 2.24) is 4.48 Å². The molecule has 1 unspecified atom stereocenters. The molecule has 2 rings (SSSR count). The van der Waals surface area contributed by atoms with Gasteiger partial charge in [0.05, 0.1) is 11.0 Å². The van der Waals surface area contributed by atoms with Gasteiger partial charge in [0.1, 0.15) is 11.2 Å². The number of hydrogen-bond acceptors (Lipinski definition) is 4. The molecule has 0 saturated carbocycles. The van der Waals surface area contributed by atoms with Crippen LogP contribution in [0.2, 0.25) is 0 Å². The van der Waals surface area contributed by atoms with Gasteiger partial charge in [0.2, 0.25) is 0 Å². The number of hydrogen-bond donors (Lipinski definition) is 1. The molecule has 0 aromatic heterocycles. The Labute approximate surface area is 120 Å². The van der Waals surface area contributed by atoms with Crippen molar-refractivity contribution in [2.24, 2.45) is 0 Å². The number of rotatable bonds is 1. The zero-order chi connectivity index (χ0) is 16.2. The van der Waals surface area contributed by atoms with Crippen LogP contribution >= 0.6 is 0 Å². The minimum Gasteiger partial charge on any atom is -0.435 e. The average Bonchev–Trinajstić information content (AvgIpc) is 2.58. The van der Waals surface area contributed by atoms with Gasteiger partial charge in [-0.1, -0.05) is 0 Å². The second-order valence-electron chi connectivity index (χ2n) is 5.90. The molecule has 1 aliphatic heterocycles. The first-order chi connectivity index (χ1) is 9.55. The van der Waals surface area contributed by atoms with Gasteiger partial charge in [0.25, 0.3) is 5.69 Å². The fourth-order valence-corrected chi connectivity index (χ4v) is 2.73. The molecule has 21 heavy (non-hydrogen) atoms. The van der Waals surface area contributed by atoms with Crippen molar-refractivity contribution in [3.63, 3.8) is 0 Å². The fraction of sp³-hybridized carbons (Fsp3) is 0.385. The van der Waals surface area contributed by atoms with E-state index in [1.165, 1.54) is 24.1 Å². The maximum Gasteiger partial charge on any atom is 0.528 e. The highest BCUT2D eigenvalue weighted by Gasteiger charge is 2.64. The minimum absolute atomic E-state index is 0.108. The molecule has 3 amide bonds. The third kappa shape index (κ3) is 1.72.